The molecule has 1 atom stereocenters. The predicted octanol–water partition coefficient (Wildman–Crippen LogP) is 3.44. The van der Waals surface area contributed by atoms with Crippen molar-refractivity contribution in [3.8, 4) is 5.75 Å². The van der Waals surface area contributed by atoms with E-state index in [-0.39, 0.29) is 24.8 Å². The van der Waals surface area contributed by atoms with Crippen molar-refractivity contribution in [1.29, 1.82) is 0 Å². The predicted molar refractivity (Wildman–Crippen MR) is 105 cm³/mol. The number of rotatable bonds is 7. The first-order chi connectivity index (χ1) is 14.1. The highest BCUT2D eigenvalue weighted by Gasteiger charge is 2.33. The second-order valence-electron chi connectivity index (χ2n) is 6.88. The third-order valence-corrected chi connectivity index (χ3v) is 6.12. The lowest BCUT2D eigenvalue weighted by molar-refractivity contribution is -0.137. The molecule has 6 nitrogen and oxygen atoms in total. The highest BCUT2D eigenvalue weighted by molar-refractivity contribution is 7.89. The smallest absolute Gasteiger partial charge is 0.416 e. The number of nitrogens with zero attached hydrogens (tertiary/aromatic N) is 1. The summed E-state index contributed by atoms with van der Waals surface area (Å²) in [6, 6.07) is 10.5. The Morgan fingerprint density at radius 2 is 1.87 bits per heavy atom. The van der Waals surface area contributed by atoms with Crippen molar-refractivity contribution >= 4 is 21.6 Å². The van der Waals surface area contributed by atoms with Gasteiger partial charge in [-0.25, -0.2) is 13.1 Å². The first-order valence-electron chi connectivity index (χ1n) is 9.30. The summed E-state index contributed by atoms with van der Waals surface area (Å²) >= 11 is 0. The number of carbonyl (C=O) groups excluding carboxylic acids is 1. The van der Waals surface area contributed by atoms with Crippen LogP contribution in [0.4, 0.5) is 18.9 Å². The van der Waals surface area contributed by atoms with Crippen LogP contribution in [0.3, 0.4) is 0 Å². The lowest BCUT2D eigenvalue weighted by Crippen LogP contribution is -2.31. The Morgan fingerprint density at radius 3 is 2.50 bits per heavy atom. The van der Waals surface area contributed by atoms with E-state index in [1.807, 2.05) is 6.92 Å². The summed E-state index contributed by atoms with van der Waals surface area (Å²) in [5.74, 6) is 0.227. The van der Waals surface area contributed by atoms with Gasteiger partial charge in [-0.15, -0.1) is 0 Å². The van der Waals surface area contributed by atoms with Crippen molar-refractivity contribution in [2.45, 2.75) is 24.4 Å². The number of hydrogen-bond acceptors (Lipinski definition) is 4. The Hall–Kier alpha value is -2.59. The molecule has 3 rings (SSSR count). The molecule has 0 spiro atoms. The van der Waals surface area contributed by atoms with Gasteiger partial charge in [0.15, 0.2) is 0 Å². The molecule has 162 valence electrons. The van der Waals surface area contributed by atoms with Crippen LogP contribution in [0.5, 0.6) is 5.75 Å². The second-order valence-corrected chi connectivity index (χ2v) is 8.65. The van der Waals surface area contributed by atoms with E-state index < -0.39 is 26.7 Å². The van der Waals surface area contributed by atoms with E-state index in [0.717, 1.165) is 18.2 Å². The minimum absolute atomic E-state index is 0.0577. The van der Waals surface area contributed by atoms with Gasteiger partial charge in [-0.1, -0.05) is 6.07 Å². The Labute approximate surface area is 172 Å². The summed E-state index contributed by atoms with van der Waals surface area (Å²) in [4.78, 5) is 13.4. The minimum Gasteiger partial charge on any atom is -0.494 e. The zero-order valence-electron chi connectivity index (χ0n) is 16.1. The maximum Gasteiger partial charge on any atom is 0.416 e. The van der Waals surface area contributed by atoms with E-state index in [2.05, 4.69) is 4.72 Å². The normalized spacial score (nSPS) is 17.4. The largest absolute Gasteiger partial charge is 0.494 e. The van der Waals surface area contributed by atoms with E-state index >= 15 is 0 Å². The van der Waals surface area contributed by atoms with Gasteiger partial charge in [0, 0.05) is 25.2 Å². The Morgan fingerprint density at radius 1 is 1.17 bits per heavy atom. The van der Waals surface area contributed by atoms with Crippen LogP contribution in [0.15, 0.2) is 53.4 Å². The lowest BCUT2D eigenvalue weighted by Gasteiger charge is -2.17. The fraction of sp³-hybridized carbons (Fsp3) is 0.350. The molecule has 1 aliphatic rings. The Bertz CT molecular complexity index is 1010. The number of anilines is 1. The van der Waals surface area contributed by atoms with Crippen molar-refractivity contribution in [3.05, 3.63) is 54.1 Å². The summed E-state index contributed by atoms with van der Waals surface area (Å²) in [5.41, 5.74) is -0.366. The number of nitrogens with one attached hydrogen (secondary N) is 1. The molecule has 1 heterocycles. The molecular formula is C20H21F3N2O4S. The molecule has 0 saturated carbocycles. The van der Waals surface area contributed by atoms with Crippen LogP contribution in [-0.2, 0) is 21.0 Å². The number of sulfonamides is 1. The van der Waals surface area contributed by atoms with Crippen LogP contribution in [0, 0.1) is 5.92 Å². The van der Waals surface area contributed by atoms with Gasteiger partial charge in [-0.2, -0.15) is 13.2 Å². The van der Waals surface area contributed by atoms with Gasteiger partial charge in [0.25, 0.3) is 0 Å². The average molecular weight is 442 g/mol. The number of ether oxygens (including phenoxy) is 1. The van der Waals surface area contributed by atoms with Gasteiger partial charge in [-0.05, 0) is 55.3 Å². The number of alkyl halides is 3. The molecule has 2 aromatic rings. The lowest BCUT2D eigenvalue weighted by atomic mass is 10.1. The zero-order valence-corrected chi connectivity index (χ0v) is 17.0. The molecule has 30 heavy (non-hydrogen) atoms. The highest BCUT2D eigenvalue weighted by atomic mass is 32.2. The standard InChI is InChI=1S/C20H21F3N2O4S/c1-2-29-17-8-6-16(7-9-17)25-13-14(10-19(25)26)12-24-30(27,28)18-5-3-4-15(11-18)20(21,22)23/h3-9,11,14,24H,2,10,12-13H2,1H3/t14-/m0/s1. The second kappa shape index (κ2) is 8.65. The van der Waals surface area contributed by atoms with Gasteiger partial charge in [0.1, 0.15) is 5.75 Å². The maximum absolute atomic E-state index is 12.8. The third-order valence-electron chi connectivity index (χ3n) is 4.70. The Balaban J connectivity index is 1.64. The molecule has 10 heteroatoms. The summed E-state index contributed by atoms with van der Waals surface area (Å²) < 4.78 is 71.0. The number of hydrogen-bond donors (Lipinski definition) is 1. The van der Waals surface area contributed by atoms with E-state index in [0.29, 0.717) is 30.7 Å². The highest BCUT2D eigenvalue weighted by Crippen LogP contribution is 2.31. The first-order valence-corrected chi connectivity index (χ1v) is 10.8. The molecule has 1 N–H and O–H groups in total. The number of carbonyl (C=O) groups is 1. The van der Waals surface area contributed by atoms with Gasteiger partial charge in [-0.3, -0.25) is 4.79 Å². The average Bonchev–Trinajstić information content (AvgIpc) is 3.07. The summed E-state index contributed by atoms with van der Waals surface area (Å²) in [6.45, 7) is 2.63. The first kappa shape index (κ1) is 22.1. The topological polar surface area (TPSA) is 75.7 Å². The van der Waals surface area contributed by atoms with E-state index in [4.69, 9.17) is 4.74 Å². The third kappa shape index (κ3) is 5.11. The fourth-order valence-electron chi connectivity index (χ4n) is 3.21. The van der Waals surface area contributed by atoms with Crippen LogP contribution in [0.2, 0.25) is 0 Å². The minimum atomic E-state index is -4.64. The summed E-state index contributed by atoms with van der Waals surface area (Å²) in [6.07, 6.45) is -4.50. The molecule has 2 aromatic carbocycles. The van der Waals surface area contributed by atoms with Crippen molar-refractivity contribution in [2.75, 3.05) is 24.6 Å². The van der Waals surface area contributed by atoms with Crippen LogP contribution < -0.4 is 14.4 Å². The zero-order chi connectivity index (χ0) is 21.9. The van der Waals surface area contributed by atoms with Gasteiger partial charge < -0.3 is 9.64 Å². The van der Waals surface area contributed by atoms with Crippen LogP contribution >= 0.6 is 0 Å². The molecule has 0 unspecified atom stereocenters. The molecule has 1 aliphatic heterocycles. The number of benzene rings is 2. The molecular weight excluding hydrogens is 421 g/mol. The molecule has 0 bridgehead atoms. The van der Waals surface area contributed by atoms with Gasteiger partial charge >= 0.3 is 6.18 Å². The van der Waals surface area contributed by atoms with Gasteiger partial charge in [0.2, 0.25) is 15.9 Å². The molecule has 0 radical (unpaired) electrons. The van der Waals surface area contributed by atoms with Crippen molar-refractivity contribution in [3.63, 3.8) is 0 Å². The molecule has 0 aliphatic carbocycles. The van der Waals surface area contributed by atoms with Crippen LogP contribution in [-0.4, -0.2) is 34.0 Å². The summed E-state index contributed by atoms with van der Waals surface area (Å²) in [5, 5.41) is 0. The molecule has 1 amide bonds. The van der Waals surface area contributed by atoms with Gasteiger partial charge in [0.05, 0.1) is 17.1 Å². The monoisotopic (exact) mass is 442 g/mol. The fourth-order valence-corrected chi connectivity index (χ4v) is 4.37. The van der Waals surface area contributed by atoms with Crippen molar-refractivity contribution < 1.29 is 31.1 Å². The SMILES string of the molecule is CCOc1ccc(N2C[C@H](CNS(=O)(=O)c3cccc(C(F)(F)F)c3)CC2=O)cc1. The quantitative estimate of drug-likeness (QED) is 0.713. The Kier molecular flexibility index (Phi) is 6.37. The molecule has 1 fully saturated rings. The van der Waals surface area contributed by atoms with Crippen LogP contribution in [0.25, 0.3) is 0 Å². The number of amides is 1. The molecule has 0 aromatic heterocycles. The van der Waals surface area contributed by atoms with Crippen LogP contribution in [0.1, 0.15) is 18.9 Å². The maximum atomic E-state index is 12.8. The van der Waals surface area contributed by atoms with E-state index in [1.54, 1.807) is 29.2 Å². The van der Waals surface area contributed by atoms with E-state index in [9.17, 15) is 26.4 Å². The van der Waals surface area contributed by atoms with E-state index in [1.165, 1.54) is 0 Å². The number of halogens is 3. The van der Waals surface area contributed by atoms with Crippen molar-refractivity contribution in [1.82, 2.24) is 4.72 Å². The van der Waals surface area contributed by atoms with Crippen molar-refractivity contribution in [2.24, 2.45) is 5.92 Å². The summed E-state index contributed by atoms with van der Waals surface area (Å²) in [7, 11) is -4.14. The molecule has 1 saturated heterocycles.